The molecule has 1 unspecified atom stereocenters. The molecule has 2 rings (SSSR count). The van der Waals surface area contributed by atoms with E-state index in [1.54, 1.807) is 6.20 Å². The van der Waals surface area contributed by atoms with Crippen molar-refractivity contribution < 1.29 is 5.11 Å². The van der Waals surface area contributed by atoms with Gasteiger partial charge in [0.1, 0.15) is 5.82 Å². The maximum Gasteiger partial charge on any atom is 0.111 e. The highest BCUT2D eigenvalue weighted by Crippen LogP contribution is 2.25. The molecule has 3 nitrogen and oxygen atoms in total. The van der Waals surface area contributed by atoms with Gasteiger partial charge in [-0.25, -0.2) is 4.98 Å². The van der Waals surface area contributed by atoms with Crippen LogP contribution in [0, 0.1) is 0 Å². The molecule has 1 aromatic heterocycles. The third-order valence-electron chi connectivity index (χ3n) is 2.78. The zero-order chi connectivity index (χ0) is 12.3. The van der Waals surface area contributed by atoms with E-state index in [4.69, 9.17) is 0 Å². The maximum absolute atomic E-state index is 10.2. The summed E-state index contributed by atoms with van der Waals surface area (Å²) in [7, 11) is 0. The topological polar surface area (TPSA) is 38.0 Å². The van der Waals surface area contributed by atoms with Crippen molar-refractivity contribution in [3.05, 3.63) is 52.5 Å². The van der Waals surface area contributed by atoms with Crippen LogP contribution in [0.2, 0.25) is 0 Å². The van der Waals surface area contributed by atoms with Crippen LogP contribution < -0.4 is 0 Å². The Morgan fingerprint density at radius 3 is 2.88 bits per heavy atom. The van der Waals surface area contributed by atoms with Gasteiger partial charge < -0.3 is 9.67 Å². The first kappa shape index (κ1) is 12.3. The number of imidazole rings is 1. The van der Waals surface area contributed by atoms with Crippen LogP contribution in [0.5, 0.6) is 0 Å². The van der Waals surface area contributed by atoms with E-state index in [9.17, 15) is 5.11 Å². The van der Waals surface area contributed by atoms with Crippen molar-refractivity contribution in [1.29, 1.82) is 0 Å². The number of aromatic nitrogens is 2. The Bertz CT molecular complexity index is 496. The smallest absolute Gasteiger partial charge is 0.111 e. The van der Waals surface area contributed by atoms with E-state index in [1.807, 2.05) is 35.0 Å². The molecule has 0 radical (unpaired) electrons. The van der Waals surface area contributed by atoms with Gasteiger partial charge in [-0.1, -0.05) is 34.1 Å². The third kappa shape index (κ3) is 2.76. The zero-order valence-corrected chi connectivity index (χ0v) is 11.3. The van der Waals surface area contributed by atoms with Gasteiger partial charge in [0, 0.05) is 29.8 Å². The Labute approximate surface area is 109 Å². The molecule has 90 valence electrons. The van der Waals surface area contributed by atoms with E-state index in [0.717, 1.165) is 22.4 Å². The minimum absolute atomic E-state index is 0.529. The van der Waals surface area contributed by atoms with E-state index in [0.29, 0.717) is 6.42 Å². The molecule has 1 atom stereocenters. The Morgan fingerprint density at radius 1 is 1.41 bits per heavy atom. The molecule has 4 heteroatoms. The first-order chi connectivity index (χ1) is 8.22. The van der Waals surface area contributed by atoms with Gasteiger partial charge in [-0.05, 0) is 18.6 Å². The maximum atomic E-state index is 10.2. The third-order valence-corrected chi connectivity index (χ3v) is 3.50. The second-order valence-corrected chi connectivity index (χ2v) is 4.73. The Hall–Kier alpha value is -1.13. The van der Waals surface area contributed by atoms with Crippen LogP contribution in [0.1, 0.15) is 24.4 Å². The lowest BCUT2D eigenvalue weighted by atomic mass is 10.1. The van der Waals surface area contributed by atoms with Crippen molar-refractivity contribution in [2.45, 2.75) is 26.0 Å². The van der Waals surface area contributed by atoms with Crippen molar-refractivity contribution in [1.82, 2.24) is 9.55 Å². The molecule has 17 heavy (non-hydrogen) atoms. The van der Waals surface area contributed by atoms with E-state index in [1.165, 1.54) is 0 Å². The van der Waals surface area contributed by atoms with Crippen LogP contribution in [0.4, 0.5) is 0 Å². The Kier molecular flexibility index (Phi) is 3.97. The molecule has 0 aliphatic heterocycles. The highest BCUT2D eigenvalue weighted by Gasteiger charge is 2.14. The van der Waals surface area contributed by atoms with E-state index >= 15 is 0 Å². The van der Waals surface area contributed by atoms with E-state index < -0.39 is 6.10 Å². The standard InChI is InChI=1S/C13H15BrN2O/c1-2-16-8-7-15-13(16)9-12(17)10-5-3-4-6-11(10)14/h3-8,12,17H,2,9H2,1H3. The first-order valence-electron chi connectivity index (χ1n) is 5.65. The Balaban J connectivity index is 2.17. The summed E-state index contributed by atoms with van der Waals surface area (Å²) in [6, 6.07) is 7.72. The fourth-order valence-electron chi connectivity index (χ4n) is 1.85. The fraction of sp³-hybridized carbons (Fsp3) is 0.308. The molecule has 1 aromatic carbocycles. The van der Waals surface area contributed by atoms with Gasteiger partial charge in [-0.15, -0.1) is 0 Å². The molecule has 2 aromatic rings. The summed E-state index contributed by atoms with van der Waals surface area (Å²) in [4.78, 5) is 4.27. The van der Waals surface area contributed by atoms with Gasteiger partial charge in [-0.2, -0.15) is 0 Å². The number of hydrogen-bond donors (Lipinski definition) is 1. The number of aliphatic hydroxyl groups excluding tert-OH is 1. The average Bonchev–Trinajstić information content (AvgIpc) is 2.76. The lowest BCUT2D eigenvalue weighted by molar-refractivity contribution is 0.174. The molecule has 0 bridgehead atoms. The first-order valence-corrected chi connectivity index (χ1v) is 6.44. The summed E-state index contributed by atoms with van der Waals surface area (Å²) in [6.45, 7) is 2.94. The number of rotatable bonds is 4. The van der Waals surface area contributed by atoms with E-state index in [2.05, 4.69) is 27.8 Å². The van der Waals surface area contributed by atoms with Crippen LogP contribution >= 0.6 is 15.9 Å². The van der Waals surface area contributed by atoms with Crippen molar-refractivity contribution in [2.75, 3.05) is 0 Å². The molecule has 1 N–H and O–H groups in total. The van der Waals surface area contributed by atoms with Gasteiger partial charge in [0.2, 0.25) is 0 Å². The minimum Gasteiger partial charge on any atom is -0.388 e. The van der Waals surface area contributed by atoms with Crippen LogP contribution in [0.25, 0.3) is 0 Å². The van der Waals surface area contributed by atoms with Crippen LogP contribution in [-0.4, -0.2) is 14.7 Å². The highest BCUT2D eigenvalue weighted by atomic mass is 79.9. The number of nitrogens with zero attached hydrogens (tertiary/aromatic N) is 2. The molecule has 0 aliphatic rings. The average molecular weight is 295 g/mol. The summed E-state index contributed by atoms with van der Waals surface area (Å²) in [5.74, 6) is 0.913. The highest BCUT2D eigenvalue weighted by molar-refractivity contribution is 9.10. The van der Waals surface area contributed by atoms with Gasteiger partial charge in [0.15, 0.2) is 0 Å². The molecule has 0 saturated carbocycles. The lowest BCUT2D eigenvalue weighted by Gasteiger charge is -2.13. The summed E-state index contributed by atoms with van der Waals surface area (Å²) in [6.07, 6.45) is 3.70. The summed E-state index contributed by atoms with van der Waals surface area (Å²) in [5, 5.41) is 10.2. The van der Waals surface area contributed by atoms with Crippen LogP contribution in [0.15, 0.2) is 41.1 Å². The quantitative estimate of drug-likeness (QED) is 0.941. The second-order valence-electron chi connectivity index (χ2n) is 3.87. The van der Waals surface area contributed by atoms with Crippen molar-refractivity contribution in [2.24, 2.45) is 0 Å². The molecule has 1 heterocycles. The molecular formula is C13H15BrN2O. The SMILES string of the molecule is CCn1ccnc1CC(O)c1ccccc1Br. The summed E-state index contributed by atoms with van der Waals surface area (Å²) in [5.41, 5.74) is 0.901. The monoisotopic (exact) mass is 294 g/mol. The predicted molar refractivity (Wildman–Crippen MR) is 70.7 cm³/mol. The zero-order valence-electron chi connectivity index (χ0n) is 9.68. The lowest BCUT2D eigenvalue weighted by Crippen LogP contribution is -2.08. The molecular weight excluding hydrogens is 280 g/mol. The minimum atomic E-state index is -0.529. The molecule has 0 aliphatic carbocycles. The number of halogens is 1. The number of hydrogen-bond acceptors (Lipinski definition) is 2. The van der Waals surface area contributed by atoms with Crippen LogP contribution in [-0.2, 0) is 13.0 Å². The number of aliphatic hydroxyl groups is 1. The predicted octanol–water partition coefficient (Wildman–Crippen LogP) is 2.94. The van der Waals surface area contributed by atoms with Crippen molar-refractivity contribution in [3.8, 4) is 0 Å². The summed E-state index contributed by atoms with van der Waals surface area (Å²) < 4.78 is 2.97. The molecule has 0 spiro atoms. The molecule has 0 amide bonds. The normalized spacial score (nSPS) is 12.6. The van der Waals surface area contributed by atoms with Gasteiger partial charge in [0.25, 0.3) is 0 Å². The van der Waals surface area contributed by atoms with Crippen molar-refractivity contribution in [3.63, 3.8) is 0 Å². The fourth-order valence-corrected chi connectivity index (χ4v) is 2.40. The van der Waals surface area contributed by atoms with Gasteiger partial charge in [0.05, 0.1) is 6.10 Å². The number of benzene rings is 1. The van der Waals surface area contributed by atoms with Gasteiger partial charge in [-0.3, -0.25) is 0 Å². The van der Waals surface area contributed by atoms with Gasteiger partial charge >= 0.3 is 0 Å². The van der Waals surface area contributed by atoms with E-state index in [-0.39, 0.29) is 0 Å². The molecule has 0 fully saturated rings. The number of aryl methyl sites for hydroxylation is 1. The molecule has 0 saturated heterocycles. The van der Waals surface area contributed by atoms with Crippen molar-refractivity contribution >= 4 is 15.9 Å². The summed E-state index contributed by atoms with van der Waals surface area (Å²) >= 11 is 3.45. The van der Waals surface area contributed by atoms with Crippen LogP contribution in [0.3, 0.4) is 0 Å². The largest absolute Gasteiger partial charge is 0.388 e. The second kappa shape index (κ2) is 5.47. The Morgan fingerprint density at radius 2 is 2.18 bits per heavy atom.